The number of nitrogens with zero attached hydrogens (tertiary/aromatic N) is 5. The highest BCUT2D eigenvalue weighted by Crippen LogP contribution is 2.24. The Hall–Kier alpha value is -3.22. The number of ether oxygens (including phenoxy) is 1. The fourth-order valence-corrected chi connectivity index (χ4v) is 3.20. The number of aromatic nitrogens is 3. The second-order valence-electron chi connectivity index (χ2n) is 6.08. The van der Waals surface area contributed by atoms with Crippen molar-refractivity contribution >= 4 is 22.6 Å². The number of hydrogen-bond donors (Lipinski definition) is 0. The summed E-state index contributed by atoms with van der Waals surface area (Å²) >= 11 is 0. The third-order valence-electron chi connectivity index (χ3n) is 4.58. The third kappa shape index (κ3) is 3.03. The summed E-state index contributed by atoms with van der Waals surface area (Å²) in [6, 6.07) is 11.4. The molecule has 3 heterocycles. The average Bonchev–Trinajstić information content (AvgIpc) is 2.73. The summed E-state index contributed by atoms with van der Waals surface area (Å²) in [5.41, 5.74) is 1.53. The van der Waals surface area contributed by atoms with Gasteiger partial charge in [0.25, 0.3) is 5.91 Å². The molecule has 0 atom stereocenters. The Bertz CT molecular complexity index is 933. The van der Waals surface area contributed by atoms with Crippen LogP contribution in [-0.2, 0) is 0 Å². The van der Waals surface area contributed by atoms with Crippen LogP contribution in [0, 0.1) is 0 Å². The number of amides is 1. The Morgan fingerprint density at radius 2 is 1.85 bits per heavy atom. The van der Waals surface area contributed by atoms with E-state index in [-0.39, 0.29) is 5.91 Å². The topological polar surface area (TPSA) is 71.5 Å². The van der Waals surface area contributed by atoms with Crippen molar-refractivity contribution in [3.05, 3.63) is 54.5 Å². The van der Waals surface area contributed by atoms with Crippen molar-refractivity contribution < 1.29 is 9.53 Å². The lowest BCUT2D eigenvalue weighted by Crippen LogP contribution is -2.49. The minimum Gasteiger partial charge on any atom is -0.481 e. The van der Waals surface area contributed by atoms with Crippen LogP contribution in [0.25, 0.3) is 10.9 Å². The SMILES string of the molecule is COc1cc(C(=O)N2CCN(c3ncnc4ccccc34)CC2)ccn1. The Labute approximate surface area is 151 Å². The quantitative estimate of drug-likeness (QED) is 0.720. The van der Waals surface area contributed by atoms with E-state index in [2.05, 4.69) is 19.9 Å². The minimum atomic E-state index is -0.00195. The summed E-state index contributed by atoms with van der Waals surface area (Å²) in [6.45, 7) is 2.74. The van der Waals surface area contributed by atoms with Crippen LogP contribution in [-0.4, -0.2) is 59.0 Å². The van der Waals surface area contributed by atoms with Gasteiger partial charge in [-0.2, -0.15) is 0 Å². The van der Waals surface area contributed by atoms with Crippen LogP contribution in [0.1, 0.15) is 10.4 Å². The van der Waals surface area contributed by atoms with Gasteiger partial charge in [-0.3, -0.25) is 4.79 Å². The monoisotopic (exact) mass is 349 g/mol. The molecule has 0 saturated carbocycles. The average molecular weight is 349 g/mol. The number of piperazine rings is 1. The van der Waals surface area contributed by atoms with Crippen molar-refractivity contribution in [2.24, 2.45) is 0 Å². The molecule has 1 saturated heterocycles. The predicted molar refractivity (Wildman–Crippen MR) is 98.4 cm³/mol. The highest BCUT2D eigenvalue weighted by atomic mass is 16.5. The first-order valence-corrected chi connectivity index (χ1v) is 8.50. The summed E-state index contributed by atoms with van der Waals surface area (Å²) in [6.07, 6.45) is 3.19. The number of carbonyl (C=O) groups is 1. The number of carbonyl (C=O) groups excluding carboxylic acids is 1. The maximum Gasteiger partial charge on any atom is 0.254 e. The maximum atomic E-state index is 12.7. The molecule has 0 unspecified atom stereocenters. The lowest BCUT2D eigenvalue weighted by atomic mass is 10.2. The van der Waals surface area contributed by atoms with Gasteiger partial charge in [-0.15, -0.1) is 0 Å². The van der Waals surface area contributed by atoms with E-state index in [9.17, 15) is 4.79 Å². The van der Waals surface area contributed by atoms with Gasteiger partial charge in [-0.25, -0.2) is 15.0 Å². The van der Waals surface area contributed by atoms with Crippen molar-refractivity contribution in [3.8, 4) is 5.88 Å². The number of anilines is 1. The molecule has 1 aliphatic heterocycles. The highest BCUT2D eigenvalue weighted by molar-refractivity contribution is 5.95. The summed E-state index contributed by atoms with van der Waals surface area (Å²) in [5.74, 6) is 1.37. The van der Waals surface area contributed by atoms with Crippen LogP contribution in [0.3, 0.4) is 0 Å². The normalized spacial score (nSPS) is 14.5. The van der Waals surface area contributed by atoms with Crippen LogP contribution < -0.4 is 9.64 Å². The third-order valence-corrected chi connectivity index (χ3v) is 4.58. The molecular formula is C19H19N5O2. The van der Waals surface area contributed by atoms with Gasteiger partial charge in [0.2, 0.25) is 5.88 Å². The van der Waals surface area contributed by atoms with Gasteiger partial charge in [0.1, 0.15) is 12.1 Å². The number of rotatable bonds is 3. The summed E-state index contributed by atoms with van der Waals surface area (Å²) in [7, 11) is 1.54. The van der Waals surface area contributed by atoms with E-state index in [0.717, 1.165) is 29.8 Å². The van der Waals surface area contributed by atoms with E-state index in [1.54, 1.807) is 31.8 Å². The van der Waals surface area contributed by atoms with Crippen molar-refractivity contribution in [2.45, 2.75) is 0 Å². The molecule has 132 valence electrons. The van der Waals surface area contributed by atoms with E-state index in [1.165, 1.54) is 0 Å². The fourth-order valence-electron chi connectivity index (χ4n) is 3.20. The van der Waals surface area contributed by atoms with Gasteiger partial charge in [-0.1, -0.05) is 12.1 Å². The summed E-state index contributed by atoms with van der Waals surface area (Å²) in [4.78, 5) is 29.6. The predicted octanol–water partition coefficient (Wildman–Crippen LogP) is 2.00. The van der Waals surface area contributed by atoms with Gasteiger partial charge in [0.15, 0.2) is 0 Å². The van der Waals surface area contributed by atoms with Gasteiger partial charge >= 0.3 is 0 Å². The van der Waals surface area contributed by atoms with Crippen molar-refractivity contribution in [2.75, 3.05) is 38.2 Å². The van der Waals surface area contributed by atoms with Crippen molar-refractivity contribution in [1.29, 1.82) is 0 Å². The van der Waals surface area contributed by atoms with E-state index in [0.29, 0.717) is 24.5 Å². The van der Waals surface area contributed by atoms with Crippen LogP contribution in [0.15, 0.2) is 48.9 Å². The number of benzene rings is 1. The smallest absolute Gasteiger partial charge is 0.254 e. The number of fused-ring (bicyclic) bond motifs is 1. The molecule has 1 aromatic carbocycles. The number of pyridine rings is 1. The Morgan fingerprint density at radius 1 is 1.04 bits per heavy atom. The van der Waals surface area contributed by atoms with Crippen LogP contribution >= 0.6 is 0 Å². The Morgan fingerprint density at radius 3 is 2.65 bits per heavy atom. The van der Waals surface area contributed by atoms with E-state index < -0.39 is 0 Å². The molecule has 1 amide bonds. The molecule has 0 N–H and O–H groups in total. The van der Waals surface area contributed by atoms with Gasteiger partial charge < -0.3 is 14.5 Å². The molecule has 1 fully saturated rings. The minimum absolute atomic E-state index is 0.00195. The molecule has 0 radical (unpaired) electrons. The zero-order valence-corrected chi connectivity index (χ0v) is 14.5. The molecule has 0 bridgehead atoms. The van der Waals surface area contributed by atoms with Crippen molar-refractivity contribution in [1.82, 2.24) is 19.9 Å². The Kier molecular flexibility index (Phi) is 4.35. The number of para-hydroxylation sites is 1. The number of hydrogen-bond acceptors (Lipinski definition) is 6. The molecular weight excluding hydrogens is 330 g/mol. The number of methoxy groups -OCH3 is 1. The molecule has 1 aliphatic rings. The highest BCUT2D eigenvalue weighted by Gasteiger charge is 2.24. The molecule has 3 aromatic rings. The zero-order valence-electron chi connectivity index (χ0n) is 14.5. The maximum absolute atomic E-state index is 12.7. The second-order valence-corrected chi connectivity index (χ2v) is 6.08. The first-order valence-electron chi connectivity index (χ1n) is 8.50. The van der Waals surface area contributed by atoms with Gasteiger partial charge in [-0.05, 0) is 18.2 Å². The lowest BCUT2D eigenvalue weighted by Gasteiger charge is -2.35. The zero-order chi connectivity index (χ0) is 17.9. The standard InChI is InChI=1S/C19H19N5O2/c1-26-17-12-14(6-7-20-17)19(25)24-10-8-23(9-11-24)18-15-4-2-3-5-16(15)21-13-22-18/h2-7,12-13H,8-11H2,1H3. The molecule has 4 rings (SSSR count). The fraction of sp³-hybridized carbons (Fsp3) is 0.263. The first kappa shape index (κ1) is 16.3. The largest absolute Gasteiger partial charge is 0.481 e. The van der Waals surface area contributed by atoms with E-state index >= 15 is 0 Å². The van der Waals surface area contributed by atoms with Gasteiger partial charge in [0.05, 0.1) is 12.6 Å². The van der Waals surface area contributed by atoms with Gasteiger partial charge in [0, 0.05) is 49.4 Å². The summed E-state index contributed by atoms with van der Waals surface area (Å²) < 4.78 is 5.10. The Balaban J connectivity index is 1.49. The molecule has 0 aliphatic carbocycles. The van der Waals surface area contributed by atoms with E-state index in [4.69, 9.17) is 4.74 Å². The van der Waals surface area contributed by atoms with E-state index in [1.807, 2.05) is 29.2 Å². The van der Waals surface area contributed by atoms with Crippen molar-refractivity contribution in [3.63, 3.8) is 0 Å². The molecule has 0 spiro atoms. The molecule has 7 heteroatoms. The first-order chi connectivity index (χ1) is 12.8. The van der Waals surface area contributed by atoms with Crippen LogP contribution in [0.5, 0.6) is 5.88 Å². The second kappa shape index (κ2) is 6.95. The summed E-state index contributed by atoms with van der Waals surface area (Å²) in [5, 5.41) is 1.04. The van der Waals surface area contributed by atoms with Crippen LogP contribution in [0.4, 0.5) is 5.82 Å². The van der Waals surface area contributed by atoms with Crippen LogP contribution in [0.2, 0.25) is 0 Å². The molecule has 26 heavy (non-hydrogen) atoms. The lowest BCUT2D eigenvalue weighted by molar-refractivity contribution is 0.0746. The molecule has 7 nitrogen and oxygen atoms in total. The molecule has 2 aromatic heterocycles.